The number of carbonyl (C=O) groups is 1. The van der Waals surface area contributed by atoms with Crippen molar-refractivity contribution in [2.75, 3.05) is 5.75 Å². The topological polar surface area (TPSA) is 86.5 Å². The molecule has 0 heterocycles. The highest BCUT2D eigenvalue weighted by molar-refractivity contribution is 7.91. The van der Waals surface area contributed by atoms with Gasteiger partial charge in [-0.15, -0.1) is 0 Å². The summed E-state index contributed by atoms with van der Waals surface area (Å²) in [4.78, 5) is 11.6. The molecule has 0 aromatic heterocycles. The standard InChI is InChI=1S/C13H17NO4S2/c1-9(2)18-12(15)8-20(16,17)7-10-5-3-4-6-11(10)13(14)19/h3-6,9H,7-8H2,1-2H3,(H2,14,19). The third-order valence-electron chi connectivity index (χ3n) is 2.36. The van der Waals surface area contributed by atoms with Crippen LogP contribution in [0.3, 0.4) is 0 Å². The number of benzene rings is 1. The summed E-state index contributed by atoms with van der Waals surface area (Å²) in [7, 11) is -3.63. The summed E-state index contributed by atoms with van der Waals surface area (Å²) in [6.45, 7) is 3.32. The number of carbonyl (C=O) groups excluding carboxylic acids is 1. The smallest absolute Gasteiger partial charge is 0.321 e. The second-order valence-corrected chi connectivity index (χ2v) is 7.10. The summed E-state index contributed by atoms with van der Waals surface area (Å²) >= 11 is 4.87. The Balaban J connectivity index is 2.87. The van der Waals surface area contributed by atoms with E-state index in [1.807, 2.05) is 0 Å². The fourth-order valence-corrected chi connectivity index (χ4v) is 3.10. The van der Waals surface area contributed by atoms with Gasteiger partial charge in [-0.3, -0.25) is 4.79 Å². The molecule has 0 aliphatic carbocycles. The number of nitrogens with two attached hydrogens (primary N) is 1. The number of hydrogen-bond acceptors (Lipinski definition) is 5. The summed E-state index contributed by atoms with van der Waals surface area (Å²) in [6, 6.07) is 6.69. The van der Waals surface area contributed by atoms with Crippen molar-refractivity contribution in [3.05, 3.63) is 35.4 Å². The van der Waals surface area contributed by atoms with Gasteiger partial charge in [0.15, 0.2) is 9.84 Å². The van der Waals surface area contributed by atoms with Gasteiger partial charge in [0, 0.05) is 5.56 Å². The fourth-order valence-electron chi connectivity index (χ4n) is 1.65. The van der Waals surface area contributed by atoms with Gasteiger partial charge in [0.2, 0.25) is 0 Å². The molecule has 0 unspecified atom stereocenters. The zero-order chi connectivity index (χ0) is 15.3. The lowest BCUT2D eigenvalue weighted by atomic mass is 10.1. The molecule has 1 aromatic rings. The van der Waals surface area contributed by atoms with Gasteiger partial charge in [-0.1, -0.05) is 36.5 Å². The molecule has 0 aliphatic heterocycles. The molecule has 0 amide bonds. The van der Waals surface area contributed by atoms with Crippen LogP contribution in [0.4, 0.5) is 0 Å². The number of sulfone groups is 1. The molecule has 0 aliphatic rings. The summed E-state index contributed by atoms with van der Waals surface area (Å²) in [6.07, 6.45) is -0.346. The van der Waals surface area contributed by atoms with E-state index in [2.05, 4.69) is 0 Å². The lowest BCUT2D eigenvalue weighted by Gasteiger charge is -2.10. The molecule has 20 heavy (non-hydrogen) atoms. The normalized spacial score (nSPS) is 11.3. The zero-order valence-corrected chi connectivity index (χ0v) is 13.0. The molecule has 0 atom stereocenters. The maximum absolute atomic E-state index is 12.0. The van der Waals surface area contributed by atoms with E-state index in [0.717, 1.165) is 0 Å². The first kappa shape index (κ1) is 16.6. The molecule has 1 rings (SSSR count). The number of ether oxygens (including phenoxy) is 1. The van der Waals surface area contributed by atoms with Gasteiger partial charge in [-0.25, -0.2) is 8.42 Å². The minimum Gasteiger partial charge on any atom is -0.462 e. The molecule has 2 N–H and O–H groups in total. The molecule has 0 fully saturated rings. The van der Waals surface area contributed by atoms with Gasteiger partial charge in [0.1, 0.15) is 10.7 Å². The van der Waals surface area contributed by atoms with Crippen molar-refractivity contribution in [3.8, 4) is 0 Å². The van der Waals surface area contributed by atoms with Crippen LogP contribution in [0.1, 0.15) is 25.0 Å². The SMILES string of the molecule is CC(C)OC(=O)CS(=O)(=O)Cc1ccccc1C(N)=S. The van der Waals surface area contributed by atoms with Gasteiger partial charge in [-0.05, 0) is 19.4 Å². The average Bonchev–Trinajstić information content (AvgIpc) is 2.26. The quantitative estimate of drug-likeness (QED) is 0.627. The summed E-state index contributed by atoms with van der Waals surface area (Å²) < 4.78 is 28.8. The Kier molecular flexibility index (Phi) is 5.64. The highest BCUT2D eigenvalue weighted by Gasteiger charge is 2.21. The minimum atomic E-state index is -3.63. The van der Waals surface area contributed by atoms with Gasteiger partial charge in [-0.2, -0.15) is 0 Å². The molecule has 110 valence electrons. The number of hydrogen-bond donors (Lipinski definition) is 1. The lowest BCUT2D eigenvalue weighted by Crippen LogP contribution is -2.23. The van der Waals surface area contributed by atoms with E-state index in [1.165, 1.54) is 0 Å². The molecule has 0 spiro atoms. The highest BCUT2D eigenvalue weighted by Crippen LogP contribution is 2.13. The molecular formula is C13H17NO4S2. The second-order valence-electron chi connectivity index (χ2n) is 4.59. The fraction of sp³-hybridized carbons (Fsp3) is 0.385. The molecule has 0 radical (unpaired) electrons. The van der Waals surface area contributed by atoms with Crippen LogP contribution in [-0.2, 0) is 25.1 Å². The maximum Gasteiger partial charge on any atom is 0.321 e. The zero-order valence-electron chi connectivity index (χ0n) is 11.3. The highest BCUT2D eigenvalue weighted by atomic mass is 32.2. The van der Waals surface area contributed by atoms with Crippen LogP contribution in [0.15, 0.2) is 24.3 Å². The minimum absolute atomic E-state index is 0.126. The first-order valence-corrected chi connectivity index (χ1v) is 8.22. The molecule has 0 bridgehead atoms. The molecule has 1 aromatic carbocycles. The Morgan fingerprint density at radius 3 is 2.50 bits per heavy atom. The van der Waals surface area contributed by atoms with Crippen LogP contribution < -0.4 is 5.73 Å². The maximum atomic E-state index is 12.0. The molecule has 0 saturated heterocycles. The predicted octanol–water partition coefficient (Wildman–Crippen LogP) is 1.19. The second kappa shape index (κ2) is 6.81. The van der Waals surface area contributed by atoms with E-state index in [9.17, 15) is 13.2 Å². The van der Waals surface area contributed by atoms with Crippen molar-refractivity contribution >= 4 is 33.0 Å². The van der Waals surface area contributed by atoms with Crippen molar-refractivity contribution in [2.24, 2.45) is 5.73 Å². The van der Waals surface area contributed by atoms with E-state index >= 15 is 0 Å². The largest absolute Gasteiger partial charge is 0.462 e. The van der Waals surface area contributed by atoms with Gasteiger partial charge in [0.05, 0.1) is 11.9 Å². The molecular weight excluding hydrogens is 298 g/mol. The van der Waals surface area contributed by atoms with Gasteiger partial charge < -0.3 is 10.5 Å². The van der Waals surface area contributed by atoms with Crippen LogP contribution in [0.25, 0.3) is 0 Å². The monoisotopic (exact) mass is 315 g/mol. The van der Waals surface area contributed by atoms with Crippen LogP contribution in [0, 0.1) is 0 Å². The van der Waals surface area contributed by atoms with E-state index in [1.54, 1.807) is 38.1 Å². The van der Waals surface area contributed by atoms with Crippen LogP contribution >= 0.6 is 12.2 Å². The van der Waals surface area contributed by atoms with E-state index in [-0.39, 0.29) is 16.8 Å². The van der Waals surface area contributed by atoms with Gasteiger partial charge >= 0.3 is 5.97 Å². The molecule has 5 nitrogen and oxygen atoms in total. The summed E-state index contributed by atoms with van der Waals surface area (Å²) in [5, 5.41) is 0. The predicted molar refractivity (Wildman–Crippen MR) is 81.0 cm³/mol. The van der Waals surface area contributed by atoms with Crippen molar-refractivity contribution in [3.63, 3.8) is 0 Å². The summed E-state index contributed by atoms with van der Waals surface area (Å²) in [5.74, 6) is -1.71. The Bertz CT molecular complexity index is 609. The summed E-state index contributed by atoms with van der Waals surface area (Å²) in [5.41, 5.74) is 6.53. The number of thiocarbonyl (C=S) groups is 1. The molecule has 7 heteroatoms. The van der Waals surface area contributed by atoms with Crippen molar-refractivity contribution in [2.45, 2.75) is 25.7 Å². The van der Waals surface area contributed by atoms with E-state index < -0.39 is 21.6 Å². The first-order chi connectivity index (χ1) is 9.21. The third-order valence-corrected chi connectivity index (χ3v) is 4.01. The van der Waals surface area contributed by atoms with E-state index in [4.69, 9.17) is 22.7 Å². The van der Waals surface area contributed by atoms with E-state index in [0.29, 0.717) is 11.1 Å². The Labute approximate surface area is 124 Å². The van der Waals surface area contributed by atoms with Crippen LogP contribution in [0.5, 0.6) is 0 Å². The lowest BCUT2D eigenvalue weighted by molar-refractivity contribution is -0.144. The number of esters is 1. The Hall–Kier alpha value is -1.47. The Morgan fingerprint density at radius 2 is 1.95 bits per heavy atom. The van der Waals surface area contributed by atoms with Gasteiger partial charge in [0.25, 0.3) is 0 Å². The van der Waals surface area contributed by atoms with Crippen molar-refractivity contribution in [1.82, 2.24) is 0 Å². The van der Waals surface area contributed by atoms with Crippen LogP contribution in [-0.4, -0.2) is 31.2 Å². The Morgan fingerprint density at radius 1 is 1.35 bits per heavy atom. The average molecular weight is 315 g/mol. The van der Waals surface area contributed by atoms with Crippen molar-refractivity contribution < 1.29 is 17.9 Å². The first-order valence-electron chi connectivity index (χ1n) is 5.99. The molecule has 0 saturated carbocycles. The van der Waals surface area contributed by atoms with Crippen molar-refractivity contribution in [1.29, 1.82) is 0 Å². The third kappa shape index (κ3) is 5.26. The van der Waals surface area contributed by atoms with Crippen LogP contribution in [0.2, 0.25) is 0 Å². The number of rotatable bonds is 6.